The lowest BCUT2D eigenvalue weighted by Gasteiger charge is -2.29. The molecule has 1 rings (SSSR count). The summed E-state index contributed by atoms with van der Waals surface area (Å²) in [6.07, 6.45) is 0. The minimum absolute atomic E-state index is 0.0901. The zero-order valence-corrected chi connectivity index (χ0v) is 11.0. The van der Waals surface area contributed by atoms with Crippen LogP contribution in [0.25, 0.3) is 0 Å². The highest BCUT2D eigenvalue weighted by molar-refractivity contribution is 8.00. The number of benzene rings is 1. The van der Waals surface area contributed by atoms with E-state index in [0.717, 1.165) is 0 Å². The van der Waals surface area contributed by atoms with Gasteiger partial charge in [0.05, 0.1) is 0 Å². The van der Waals surface area contributed by atoms with Crippen molar-refractivity contribution < 1.29 is 18.3 Å². The van der Waals surface area contributed by atoms with Crippen LogP contribution in [-0.2, 0) is 0 Å². The molecule has 2 nitrogen and oxygen atoms in total. The van der Waals surface area contributed by atoms with Crippen LogP contribution < -0.4 is 5.73 Å². The second-order valence-electron chi connectivity index (χ2n) is 4.74. The Bertz CT molecular complexity index is 389. The van der Waals surface area contributed by atoms with Gasteiger partial charge in [0, 0.05) is 23.0 Å². The number of hydrogen-bond donors (Lipinski definition) is 2. The van der Waals surface area contributed by atoms with Crippen molar-refractivity contribution in [2.24, 2.45) is 11.1 Å². The highest BCUT2D eigenvalue weighted by atomic mass is 32.2. The Kier molecular flexibility index (Phi) is 4.69. The van der Waals surface area contributed by atoms with Crippen LogP contribution in [0.5, 0.6) is 0 Å². The zero-order valence-electron chi connectivity index (χ0n) is 10.2. The summed E-state index contributed by atoms with van der Waals surface area (Å²) < 4.78 is 36.4. The zero-order chi connectivity index (χ0) is 14.0. The molecule has 0 heterocycles. The maximum absolute atomic E-state index is 12.1. The summed E-state index contributed by atoms with van der Waals surface area (Å²) in [5.74, 6) is 0. The van der Waals surface area contributed by atoms with Crippen molar-refractivity contribution in [1.29, 1.82) is 0 Å². The number of thioether (sulfide) groups is 1. The fourth-order valence-electron chi connectivity index (χ4n) is 1.43. The monoisotopic (exact) mass is 279 g/mol. The van der Waals surface area contributed by atoms with Gasteiger partial charge < -0.3 is 10.8 Å². The molecule has 1 aromatic rings. The van der Waals surface area contributed by atoms with E-state index in [9.17, 15) is 18.3 Å². The predicted molar refractivity (Wildman–Crippen MR) is 66.1 cm³/mol. The molecule has 1 aromatic carbocycles. The SMILES string of the molecule is CC(C)(CO)[C@@H](N)c1ccc(SC(F)(F)F)cc1. The van der Waals surface area contributed by atoms with E-state index in [1.54, 1.807) is 26.0 Å². The van der Waals surface area contributed by atoms with E-state index in [0.29, 0.717) is 5.56 Å². The summed E-state index contributed by atoms with van der Waals surface area (Å²) in [6.45, 7) is 3.51. The Balaban J connectivity index is 2.83. The third-order valence-corrected chi connectivity index (χ3v) is 3.46. The van der Waals surface area contributed by atoms with Gasteiger partial charge in [-0.3, -0.25) is 0 Å². The molecule has 0 aliphatic rings. The molecule has 0 saturated carbocycles. The third kappa shape index (κ3) is 4.19. The van der Waals surface area contributed by atoms with Gasteiger partial charge in [-0.15, -0.1) is 0 Å². The quantitative estimate of drug-likeness (QED) is 0.831. The topological polar surface area (TPSA) is 46.2 Å². The highest BCUT2D eigenvalue weighted by Gasteiger charge is 2.30. The largest absolute Gasteiger partial charge is 0.446 e. The van der Waals surface area contributed by atoms with Gasteiger partial charge in [0.15, 0.2) is 0 Å². The first-order valence-corrected chi connectivity index (χ1v) is 6.19. The first kappa shape index (κ1) is 15.3. The number of halogens is 3. The van der Waals surface area contributed by atoms with Gasteiger partial charge in [-0.25, -0.2) is 0 Å². The fraction of sp³-hybridized carbons (Fsp3) is 0.500. The number of aliphatic hydroxyl groups excluding tert-OH is 1. The molecule has 0 saturated heterocycles. The third-order valence-electron chi connectivity index (χ3n) is 2.72. The van der Waals surface area contributed by atoms with Crippen molar-refractivity contribution in [2.45, 2.75) is 30.3 Å². The summed E-state index contributed by atoms with van der Waals surface area (Å²) in [5, 5.41) is 9.20. The molecule has 6 heteroatoms. The van der Waals surface area contributed by atoms with Gasteiger partial charge in [-0.1, -0.05) is 26.0 Å². The molecule has 0 spiro atoms. The average Bonchev–Trinajstić information content (AvgIpc) is 2.27. The second-order valence-corrected chi connectivity index (χ2v) is 5.88. The summed E-state index contributed by atoms with van der Waals surface area (Å²) in [6, 6.07) is 5.49. The van der Waals surface area contributed by atoms with Crippen LogP contribution in [0.3, 0.4) is 0 Å². The number of alkyl halides is 3. The first-order valence-electron chi connectivity index (χ1n) is 5.38. The molecule has 0 amide bonds. The summed E-state index contributed by atoms with van der Waals surface area (Å²) in [7, 11) is 0. The molecule has 102 valence electrons. The van der Waals surface area contributed by atoms with Crippen LogP contribution >= 0.6 is 11.8 Å². The lowest BCUT2D eigenvalue weighted by Crippen LogP contribution is -2.32. The van der Waals surface area contributed by atoms with E-state index in [1.165, 1.54) is 12.1 Å². The summed E-state index contributed by atoms with van der Waals surface area (Å²) in [5.41, 5.74) is 1.88. The Morgan fingerprint density at radius 3 is 2.11 bits per heavy atom. The Labute approximate surface area is 108 Å². The minimum atomic E-state index is -4.28. The standard InChI is InChI=1S/C12H16F3NOS/c1-11(2,7-17)10(16)8-3-5-9(6-4-8)18-12(13,14)15/h3-6,10,17H,7,16H2,1-2H3/t10-/m0/s1. The number of hydrogen-bond acceptors (Lipinski definition) is 3. The molecule has 0 aliphatic carbocycles. The van der Waals surface area contributed by atoms with E-state index >= 15 is 0 Å². The Hall–Kier alpha value is -0.720. The fourth-order valence-corrected chi connectivity index (χ4v) is 1.97. The van der Waals surface area contributed by atoms with Crippen molar-refractivity contribution in [2.75, 3.05) is 6.61 Å². The van der Waals surface area contributed by atoms with E-state index < -0.39 is 17.0 Å². The van der Waals surface area contributed by atoms with E-state index in [-0.39, 0.29) is 23.3 Å². The maximum Gasteiger partial charge on any atom is 0.446 e. The van der Waals surface area contributed by atoms with Crippen molar-refractivity contribution >= 4 is 11.8 Å². The molecule has 0 aromatic heterocycles. The smallest absolute Gasteiger partial charge is 0.396 e. The van der Waals surface area contributed by atoms with Crippen LogP contribution in [0.2, 0.25) is 0 Å². The molecular weight excluding hydrogens is 263 g/mol. The molecule has 1 atom stereocenters. The minimum Gasteiger partial charge on any atom is -0.396 e. The Morgan fingerprint density at radius 1 is 1.22 bits per heavy atom. The number of rotatable bonds is 4. The van der Waals surface area contributed by atoms with Crippen molar-refractivity contribution in [3.8, 4) is 0 Å². The highest BCUT2D eigenvalue weighted by Crippen LogP contribution is 2.38. The van der Waals surface area contributed by atoms with Crippen LogP contribution in [0, 0.1) is 5.41 Å². The predicted octanol–water partition coefficient (Wildman–Crippen LogP) is 3.32. The van der Waals surface area contributed by atoms with E-state index in [1.807, 2.05) is 0 Å². The molecular formula is C12H16F3NOS. The van der Waals surface area contributed by atoms with Crippen LogP contribution in [0.1, 0.15) is 25.5 Å². The maximum atomic E-state index is 12.1. The second kappa shape index (κ2) is 5.50. The van der Waals surface area contributed by atoms with Crippen LogP contribution in [-0.4, -0.2) is 17.2 Å². The van der Waals surface area contributed by atoms with E-state index in [2.05, 4.69) is 0 Å². The normalized spacial score (nSPS) is 14.6. The van der Waals surface area contributed by atoms with Crippen LogP contribution in [0.4, 0.5) is 13.2 Å². The van der Waals surface area contributed by atoms with Crippen molar-refractivity contribution in [1.82, 2.24) is 0 Å². The van der Waals surface area contributed by atoms with Crippen molar-refractivity contribution in [3.63, 3.8) is 0 Å². The molecule has 0 aliphatic heterocycles. The van der Waals surface area contributed by atoms with Crippen molar-refractivity contribution in [3.05, 3.63) is 29.8 Å². The summed E-state index contributed by atoms with van der Waals surface area (Å²) >= 11 is -0.156. The Morgan fingerprint density at radius 2 is 1.72 bits per heavy atom. The number of aliphatic hydroxyl groups is 1. The van der Waals surface area contributed by atoms with Gasteiger partial charge in [-0.2, -0.15) is 13.2 Å². The molecule has 0 radical (unpaired) electrons. The first-order chi connectivity index (χ1) is 8.15. The lowest BCUT2D eigenvalue weighted by molar-refractivity contribution is -0.0328. The van der Waals surface area contributed by atoms with Gasteiger partial charge in [-0.05, 0) is 29.5 Å². The van der Waals surface area contributed by atoms with Gasteiger partial charge >= 0.3 is 5.51 Å². The number of nitrogens with two attached hydrogens (primary N) is 1. The molecule has 18 heavy (non-hydrogen) atoms. The molecule has 0 unspecified atom stereocenters. The molecule has 0 fully saturated rings. The van der Waals surface area contributed by atoms with E-state index in [4.69, 9.17) is 5.73 Å². The lowest BCUT2D eigenvalue weighted by atomic mass is 9.82. The molecule has 3 N–H and O–H groups in total. The average molecular weight is 279 g/mol. The summed E-state index contributed by atoms with van der Waals surface area (Å²) in [4.78, 5) is 0.125. The molecule has 0 bridgehead atoms. The van der Waals surface area contributed by atoms with Gasteiger partial charge in [0.2, 0.25) is 0 Å². The van der Waals surface area contributed by atoms with Gasteiger partial charge in [0.25, 0.3) is 0 Å². The van der Waals surface area contributed by atoms with Crippen LogP contribution in [0.15, 0.2) is 29.2 Å². The van der Waals surface area contributed by atoms with Gasteiger partial charge in [0.1, 0.15) is 0 Å².